The Bertz CT molecular complexity index is 3630. The van der Waals surface area contributed by atoms with Gasteiger partial charge in [-0.1, -0.05) is 144 Å². The second-order valence-corrected chi connectivity index (χ2v) is 13.4. The molecule has 0 N–H and O–H groups in total. The fourth-order valence-corrected chi connectivity index (χ4v) is 7.12. The molecule has 57 heavy (non-hydrogen) atoms. The summed E-state index contributed by atoms with van der Waals surface area (Å²) in [4.78, 5) is 8.71. The van der Waals surface area contributed by atoms with Crippen LogP contribution in [0.25, 0.3) is 88.3 Å². The molecule has 0 saturated carbocycles. The third-order valence-electron chi connectivity index (χ3n) is 9.85. The second kappa shape index (κ2) is 15.7. The zero-order valence-corrected chi connectivity index (χ0v) is 32.5. The van der Waals surface area contributed by atoms with Gasteiger partial charge in [0.1, 0.15) is 5.58 Å². The summed E-state index contributed by atoms with van der Waals surface area (Å²) >= 11 is 0. The largest absolute Gasteiger partial charge is 0.500 e. The number of fused-ring (bicyclic) bond motifs is 7. The number of aryl methyl sites for hydroxylation is 5. The molecule has 1 radical (unpaired) electrons. The van der Waals surface area contributed by atoms with Gasteiger partial charge in [0, 0.05) is 63.8 Å². The molecule has 3 aromatic heterocycles. The molecule has 3 heterocycles. The van der Waals surface area contributed by atoms with Crippen LogP contribution in [0.2, 0.25) is 0 Å². The maximum absolute atomic E-state index is 8.19. The van der Waals surface area contributed by atoms with Crippen molar-refractivity contribution in [1.29, 1.82) is 0 Å². The maximum Gasteiger partial charge on any atom is 0.129 e. The molecular weight excluding hydrogens is 873 g/mol. The van der Waals surface area contributed by atoms with Gasteiger partial charge >= 0.3 is 0 Å². The van der Waals surface area contributed by atoms with E-state index in [4.69, 9.17) is 25.0 Å². The van der Waals surface area contributed by atoms with Gasteiger partial charge in [0.15, 0.2) is 0 Å². The summed E-state index contributed by atoms with van der Waals surface area (Å²) in [5.41, 5.74) is 4.51. The third-order valence-corrected chi connectivity index (χ3v) is 9.85. The first kappa shape index (κ1) is 23.8. The Kier molecular flexibility index (Phi) is 6.57. The van der Waals surface area contributed by atoms with Gasteiger partial charge in [0.05, 0.1) is 5.58 Å². The number of hydrogen-bond acceptors (Lipinski definition) is 3. The number of hydrogen-bond donors (Lipinski definition) is 0. The molecule has 0 amide bonds. The normalized spacial score (nSPS) is 16.1. The first-order valence-electron chi connectivity index (χ1n) is 25.3. The predicted molar refractivity (Wildman–Crippen MR) is 234 cm³/mol. The summed E-state index contributed by atoms with van der Waals surface area (Å²) in [6, 6.07) is 46.9. The van der Waals surface area contributed by atoms with Crippen LogP contribution in [0, 0.1) is 46.4 Å². The summed E-state index contributed by atoms with van der Waals surface area (Å²) < 4.78 is 125. The Hall–Kier alpha value is -6.19. The van der Waals surface area contributed by atoms with Crippen molar-refractivity contribution in [3.8, 4) is 44.8 Å². The van der Waals surface area contributed by atoms with Gasteiger partial charge in [-0.25, -0.2) is 0 Å². The van der Waals surface area contributed by atoms with Gasteiger partial charge in [0.25, 0.3) is 0 Å². The molecule has 0 bridgehead atoms. The number of benzene rings is 7. The van der Waals surface area contributed by atoms with E-state index in [2.05, 4.69) is 46.4 Å². The third kappa shape index (κ3) is 7.19. The molecule has 3 nitrogen and oxygen atoms in total. The summed E-state index contributed by atoms with van der Waals surface area (Å²) in [5, 5.41) is 5.83. The zero-order valence-electron chi connectivity index (χ0n) is 45.1. The number of furan rings is 1. The van der Waals surface area contributed by atoms with Crippen molar-refractivity contribution in [2.75, 3.05) is 0 Å². The monoisotopic (exact) mass is 928 g/mol. The van der Waals surface area contributed by atoms with Gasteiger partial charge in [-0.3, -0.25) is 0 Å². The second-order valence-electron chi connectivity index (χ2n) is 13.4. The van der Waals surface area contributed by atoms with Crippen molar-refractivity contribution in [3.05, 3.63) is 192 Å². The molecule has 0 aliphatic heterocycles. The van der Waals surface area contributed by atoms with Gasteiger partial charge in [0.2, 0.25) is 0 Å². The smallest absolute Gasteiger partial charge is 0.129 e. The number of pyridine rings is 2. The molecule has 10 aromatic rings. The molecule has 0 aliphatic rings. The van der Waals surface area contributed by atoms with Gasteiger partial charge in [-0.15, -0.1) is 47.5 Å². The molecule has 4 heteroatoms. The van der Waals surface area contributed by atoms with Crippen molar-refractivity contribution in [2.45, 2.75) is 34.3 Å². The summed E-state index contributed by atoms with van der Waals surface area (Å²) in [6.07, 6.45) is 2.53. The van der Waals surface area contributed by atoms with Crippen molar-refractivity contribution in [3.63, 3.8) is 0 Å². The summed E-state index contributed by atoms with van der Waals surface area (Å²) in [5.74, 6) is 0. The maximum atomic E-state index is 8.19. The summed E-state index contributed by atoms with van der Waals surface area (Å²) in [7, 11) is 0. The van der Waals surface area contributed by atoms with E-state index in [1.807, 2.05) is 60.7 Å². The van der Waals surface area contributed by atoms with Crippen LogP contribution in [0.1, 0.15) is 48.4 Å². The van der Waals surface area contributed by atoms with Crippen LogP contribution < -0.4 is 0 Å². The SMILES string of the molecule is [2H]C([2H])([2H])c1ccc(-c2[c-]cc(C([2H])([2H])[2H])c(-c3ccccc3)c2)nc1.[2H]C([2H])([2H])c1ccc(-c2cc(-c3[c-]ccc4c3oc3c4ccc4ccc5ccccc5c43)ncc2C([2H])([2H])[2H])c(C([2H])([2H])[2H])c1.[Ir]. The van der Waals surface area contributed by atoms with E-state index in [0.717, 1.165) is 43.9 Å². The fraction of sp³-hybridized carbons (Fsp3) is 0.0943. The van der Waals surface area contributed by atoms with Gasteiger partial charge < -0.3 is 14.4 Å². The van der Waals surface area contributed by atoms with Crippen LogP contribution in [-0.2, 0) is 20.1 Å². The molecule has 0 aliphatic carbocycles. The van der Waals surface area contributed by atoms with Crippen LogP contribution in [0.15, 0.2) is 156 Å². The van der Waals surface area contributed by atoms with Crippen LogP contribution in [0.3, 0.4) is 0 Å². The van der Waals surface area contributed by atoms with Gasteiger partial charge in [-0.05, 0) is 88.3 Å². The molecule has 0 saturated heterocycles. The van der Waals surface area contributed by atoms with Crippen molar-refractivity contribution in [2.24, 2.45) is 0 Å². The number of rotatable bonds is 4. The Morgan fingerprint density at radius 1 is 0.526 bits per heavy atom. The average Bonchev–Trinajstić information content (AvgIpc) is 3.72. The first-order valence-corrected chi connectivity index (χ1v) is 17.8. The quantitative estimate of drug-likeness (QED) is 0.130. The molecule has 279 valence electrons. The number of nitrogens with zero attached hydrogens (tertiary/aromatic N) is 2. The van der Waals surface area contributed by atoms with Crippen molar-refractivity contribution >= 4 is 43.5 Å². The fourth-order valence-electron chi connectivity index (χ4n) is 7.12. The van der Waals surface area contributed by atoms with E-state index in [1.54, 1.807) is 18.2 Å². The van der Waals surface area contributed by atoms with E-state index >= 15 is 0 Å². The van der Waals surface area contributed by atoms with E-state index in [1.165, 1.54) is 42.7 Å². The van der Waals surface area contributed by atoms with Crippen LogP contribution in [-0.4, -0.2) is 9.97 Å². The Balaban J connectivity index is 0.000000219. The first-order chi connectivity index (χ1) is 33.4. The van der Waals surface area contributed by atoms with Crippen LogP contribution in [0.4, 0.5) is 0 Å². The van der Waals surface area contributed by atoms with E-state index in [9.17, 15) is 0 Å². The van der Waals surface area contributed by atoms with Crippen molar-refractivity contribution < 1.29 is 45.1 Å². The van der Waals surface area contributed by atoms with Crippen LogP contribution >= 0.6 is 0 Å². The molecule has 7 aromatic carbocycles. The Morgan fingerprint density at radius 3 is 2.12 bits per heavy atom. The minimum absolute atomic E-state index is 0. The minimum atomic E-state index is -2.72. The molecule has 0 atom stereocenters. The van der Waals surface area contributed by atoms with E-state index < -0.39 is 34.3 Å². The molecular formula is C53H40IrN2O-2. The molecule has 0 fully saturated rings. The molecule has 0 spiro atoms. The van der Waals surface area contributed by atoms with Crippen molar-refractivity contribution in [1.82, 2.24) is 9.97 Å². The van der Waals surface area contributed by atoms with Gasteiger partial charge in [-0.2, -0.15) is 0 Å². The van der Waals surface area contributed by atoms with E-state index in [-0.39, 0.29) is 59.0 Å². The average molecular weight is 928 g/mol. The predicted octanol–water partition coefficient (Wildman–Crippen LogP) is 14.2. The Morgan fingerprint density at radius 2 is 1.30 bits per heavy atom. The topological polar surface area (TPSA) is 38.9 Å². The molecule has 10 rings (SSSR count). The Labute approximate surface area is 368 Å². The zero-order chi connectivity index (χ0) is 50.8. The summed E-state index contributed by atoms with van der Waals surface area (Å²) in [6.45, 7) is -12.4. The van der Waals surface area contributed by atoms with E-state index in [0.29, 0.717) is 39.2 Å². The minimum Gasteiger partial charge on any atom is -0.500 e. The number of aromatic nitrogens is 2. The standard InChI is InChI=1S/C34H24NO.C19H16N.Ir/c1-20-11-15-25(21(2)17-20)30-18-31(35-19-22(30)3)29-10-6-9-27-28-16-14-24-13-12-23-7-4-5-8-26(23)32(24)34(28)36-33(27)29;1-14-8-11-19(20-13-14)17-10-9-15(2)18(12-17)16-6-4-3-5-7-16;/h4-9,11-19H,1-3H3;3-9,11-13H,1-2H3;/q2*-1;/i1D3,2D3,3D3;1D3,2D3;. The molecule has 0 unspecified atom stereocenters. The van der Waals surface area contributed by atoms with Crippen LogP contribution in [0.5, 0.6) is 0 Å².